The Bertz CT molecular complexity index is 1260. The second-order valence-electron chi connectivity index (χ2n) is 7.95. The third-order valence-electron chi connectivity index (χ3n) is 6.06. The highest BCUT2D eigenvalue weighted by Gasteiger charge is 2.30. The van der Waals surface area contributed by atoms with Crippen LogP contribution in [0.15, 0.2) is 42.9 Å². The van der Waals surface area contributed by atoms with Crippen molar-refractivity contribution in [2.75, 3.05) is 18.1 Å². The van der Waals surface area contributed by atoms with Crippen LogP contribution in [0.5, 0.6) is 0 Å². The van der Waals surface area contributed by atoms with Crippen LogP contribution in [0, 0.1) is 11.6 Å². The number of anilines is 1. The summed E-state index contributed by atoms with van der Waals surface area (Å²) in [5.74, 6) is -0.120. The fourth-order valence-corrected chi connectivity index (χ4v) is 4.55. The second kappa shape index (κ2) is 7.12. The molecule has 1 fully saturated rings. The van der Waals surface area contributed by atoms with Crippen LogP contribution in [0.4, 0.5) is 14.6 Å². The Kier molecular flexibility index (Phi) is 4.24. The first kappa shape index (κ1) is 18.4. The standard InChI is InChI=1S/C22H20F2N6O/c23-15-3-4-17(24)16(10-15)19-2-1-7-28(19)21-5-8-29-22(26-21)20(11-25-29)30-12-14-13-31-9-6-18(14)27-30/h3-5,8,10-12,19H,1-2,6-7,9,13H2. The summed E-state index contributed by atoms with van der Waals surface area (Å²) in [4.78, 5) is 6.88. The number of rotatable bonds is 3. The van der Waals surface area contributed by atoms with Crippen LogP contribution in [0.2, 0.25) is 0 Å². The van der Waals surface area contributed by atoms with Gasteiger partial charge in [0, 0.05) is 36.5 Å². The van der Waals surface area contributed by atoms with Crippen molar-refractivity contribution in [3.8, 4) is 5.69 Å². The lowest BCUT2D eigenvalue weighted by atomic mass is 10.0. The van der Waals surface area contributed by atoms with E-state index in [2.05, 4.69) is 5.10 Å². The number of aromatic nitrogens is 5. The number of hydrogen-bond acceptors (Lipinski definition) is 5. The van der Waals surface area contributed by atoms with Gasteiger partial charge in [-0.1, -0.05) is 0 Å². The van der Waals surface area contributed by atoms with Gasteiger partial charge < -0.3 is 9.64 Å². The van der Waals surface area contributed by atoms with Crippen LogP contribution in [0.1, 0.15) is 35.7 Å². The van der Waals surface area contributed by atoms with Gasteiger partial charge in [-0.2, -0.15) is 10.2 Å². The van der Waals surface area contributed by atoms with E-state index in [9.17, 15) is 8.78 Å². The molecule has 0 bridgehead atoms. The fraction of sp³-hybridized carbons (Fsp3) is 0.318. The highest BCUT2D eigenvalue weighted by molar-refractivity contribution is 5.61. The molecule has 0 saturated carbocycles. The van der Waals surface area contributed by atoms with Crippen LogP contribution >= 0.6 is 0 Å². The van der Waals surface area contributed by atoms with E-state index in [1.54, 1.807) is 15.4 Å². The molecule has 2 aliphatic heterocycles. The predicted octanol–water partition coefficient (Wildman–Crippen LogP) is 3.61. The van der Waals surface area contributed by atoms with Gasteiger partial charge >= 0.3 is 0 Å². The van der Waals surface area contributed by atoms with Gasteiger partial charge in [0.05, 0.1) is 31.1 Å². The van der Waals surface area contributed by atoms with Gasteiger partial charge in [0.25, 0.3) is 0 Å². The van der Waals surface area contributed by atoms with Gasteiger partial charge in [0.15, 0.2) is 5.65 Å². The maximum atomic E-state index is 14.5. The zero-order valence-electron chi connectivity index (χ0n) is 16.7. The molecule has 0 spiro atoms. The summed E-state index contributed by atoms with van der Waals surface area (Å²) < 4.78 is 37.3. The molecule has 7 nitrogen and oxygen atoms in total. The zero-order valence-corrected chi connectivity index (χ0v) is 16.7. The van der Waals surface area contributed by atoms with Crippen molar-refractivity contribution >= 4 is 11.5 Å². The van der Waals surface area contributed by atoms with Crippen LogP contribution in [0.3, 0.4) is 0 Å². The van der Waals surface area contributed by atoms with E-state index in [1.807, 2.05) is 23.4 Å². The largest absolute Gasteiger partial charge is 0.376 e. The monoisotopic (exact) mass is 422 g/mol. The first-order valence-electron chi connectivity index (χ1n) is 10.4. The molecule has 3 aromatic heterocycles. The topological polar surface area (TPSA) is 60.5 Å². The summed E-state index contributed by atoms with van der Waals surface area (Å²) >= 11 is 0. The van der Waals surface area contributed by atoms with E-state index in [0.717, 1.165) is 48.8 Å². The fourth-order valence-electron chi connectivity index (χ4n) is 4.55. The summed E-state index contributed by atoms with van der Waals surface area (Å²) in [6.45, 7) is 1.96. The lowest BCUT2D eigenvalue weighted by Gasteiger charge is -2.26. The highest BCUT2D eigenvalue weighted by Crippen LogP contribution is 2.37. The molecule has 9 heteroatoms. The minimum Gasteiger partial charge on any atom is -0.376 e. The van der Waals surface area contributed by atoms with Crippen molar-refractivity contribution in [1.29, 1.82) is 0 Å². The van der Waals surface area contributed by atoms with Gasteiger partial charge in [0.1, 0.15) is 23.1 Å². The Morgan fingerprint density at radius 2 is 2.10 bits per heavy atom. The molecule has 158 valence electrons. The summed E-state index contributed by atoms with van der Waals surface area (Å²) in [6, 6.07) is 5.23. The molecule has 4 aromatic rings. The third-order valence-corrected chi connectivity index (χ3v) is 6.06. The maximum Gasteiger partial charge on any atom is 0.183 e. The molecular formula is C22H20F2N6O. The molecule has 1 aromatic carbocycles. The summed E-state index contributed by atoms with van der Waals surface area (Å²) in [7, 11) is 0. The molecule has 2 aliphatic rings. The summed E-state index contributed by atoms with van der Waals surface area (Å²) in [6.07, 6.45) is 7.94. The van der Waals surface area contributed by atoms with Crippen molar-refractivity contribution in [2.45, 2.75) is 31.9 Å². The van der Waals surface area contributed by atoms with E-state index in [4.69, 9.17) is 14.8 Å². The molecule has 6 rings (SSSR count). The maximum absolute atomic E-state index is 14.5. The number of halogens is 2. The minimum atomic E-state index is -0.434. The Labute approximate surface area is 176 Å². The molecule has 1 atom stereocenters. The minimum absolute atomic E-state index is 0.258. The smallest absolute Gasteiger partial charge is 0.183 e. The number of ether oxygens (including phenoxy) is 1. The molecule has 1 saturated heterocycles. The molecular weight excluding hydrogens is 402 g/mol. The predicted molar refractivity (Wildman–Crippen MR) is 109 cm³/mol. The Balaban J connectivity index is 1.40. The van der Waals surface area contributed by atoms with Gasteiger partial charge in [-0.3, -0.25) is 0 Å². The van der Waals surface area contributed by atoms with Crippen molar-refractivity contribution in [1.82, 2.24) is 24.4 Å². The highest BCUT2D eigenvalue weighted by atomic mass is 19.1. The third kappa shape index (κ3) is 3.07. The SMILES string of the molecule is Fc1ccc(F)c(C2CCCN2c2ccn3ncc(-n4cc5c(n4)CCOC5)c3n2)c1. The number of hydrogen-bond donors (Lipinski definition) is 0. The lowest BCUT2D eigenvalue weighted by Crippen LogP contribution is -2.24. The Morgan fingerprint density at radius 3 is 3.00 bits per heavy atom. The van der Waals surface area contributed by atoms with E-state index < -0.39 is 11.6 Å². The molecule has 0 aliphatic carbocycles. The molecule has 31 heavy (non-hydrogen) atoms. The van der Waals surface area contributed by atoms with Crippen molar-refractivity contribution in [3.63, 3.8) is 0 Å². The van der Waals surface area contributed by atoms with Gasteiger partial charge in [0.2, 0.25) is 0 Å². The number of benzene rings is 1. The average molecular weight is 422 g/mol. The van der Waals surface area contributed by atoms with Crippen LogP contribution in [0.25, 0.3) is 11.3 Å². The zero-order chi connectivity index (χ0) is 20.9. The van der Waals surface area contributed by atoms with Gasteiger partial charge in [-0.25, -0.2) is 23.0 Å². The number of nitrogens with zero attached hydrogens (tertiary/aromatic N) is 6. The summed E-state index contributed by atoms with van der Waals surface area (Å²) in [5.41, 5.74) is 3.89. The van der Waals surface area contributed by atoms with E-state index in [1.165, 1.54) is 12.1 Å². The first-order valence-corrected chi connectivity index (χ1v) is 10.4. The summed E-state index contributed by atoms with van der Waals surface area (Å²) in [5, 5.41) is 9.10. The van der Waals surface area contributed by atoms with Gasteiger partial charge in [-0.15, -0.1) is 0 Å². The second-order valence-corrected chi connectivity index (χ2v) is 7.95. The van der Waals surface area contributed by atoms with E-state index >= 15 is 0 Å². The Morgan fingerprint density at radius 1 is 1.16 bits per heavy atom. The average Bonchev–Trinajstić information content (AvgIpc) is 3.52. The van der Waals surface area contributed by atoms with E-state index in [0.29, 0.717) is 30.2 Å². The van der Waals surface area contributed by atoms with Crippen molar-refractivity contribution < 1.29 is 13.5 Å². The molecule has 0 N–H and O–H groups in total. The number of fused-ring (bicyclic) bond motifs is 2. The molecule has 5 heterocycles. The van der Waals surface area contributed by atoms with Crippen molar-refractivity contribution in [2.24, 2.45) is 0 Å². The lowest BCUT2D eigenvalue weighted by molar-refractivity contribution is 0.110. The van der Waals surface area contributed by atoms with E-state index in [-0.39, 0.29) is 6.04 Å². The Hall–Kier alpha value is -3.33. The van der Waals surface area contributed by atoms with Crippen LogP contribution < -0.4 is 4.90 Å². The molecule has 0 amide bonds. The molecule has 0 radical (unpaired) electrons. The van der Waals surface area contributed by atoms with Gasteiger partial charge in [-0.05, 0) is 37.1 Å². The normalized spacial score (nSPS) is 18.6. The van der Waals surface area contributed by atoms with Crippen LogP contribution in [-0.2, 0) is 17.8 Å². The van der Waals surface area contributed by atoms with Crippen molar-refractivity contribution in [3.05, 3.63) is 71.3 Å². The first-order chi connectivity index (χ1) is 15.2. The quantitative estimate of drug-likeness (QED) is 0.505. The molecule has 1 unspecified atom stereocenters. The van der Waals surface area contributed by atoms with Crippen LogP contribution in [-0.4, -0.2) is 37.5 Å².